The number of hydrogen-bond acceptors (Lipinski definition) is 5. The van der Waals surface area contributed by atoms with Crippen molar-refractivity contribution in [2.24, 2.45) is 5.84 Å². The minimum Gasteiger partial charge on any atom is -0.302 e. The summed E-state index contributed by atoms with van der Waals surface area (Å²) in [6.45, 7) is 4.26. The highest BCUT2D eigenvalue weighted by molar-refractivity contribution is 5.04. The van der Waals surface area contributed by atoms with Gasteiger partial charge in [0.05, 0.1) is 0 Å². The Labute approximate surface area is 128 Å². The lowest BCUT2D eigenvalue weighted by Crippen LogP contribution is -2.62. The topological polar surface area (TPSA) is 72.0 Å². The van der Waals surface area contributed by atoms with Crippen LogP contribution in [0.4, 0.5) is 0 Å². The molecule has 0 spiro atoms. The van der Waals surface area contributed by atoms with Crippen LogP contribution in [0.25, 0.3) is 0 Å². The van der Waals surface area contributed by atoms with Gasteiger partial charge in [-0.15, -0.1) is 0 Å². The van der Waals surface area contributed by atoms with E-state index in [9.17, 15) is 0 Å². The second-order valence-corrected chi connectivity index (χ2v) is 6.70. The number of hydrazine groups is 1. The molecule has 6 nitrogen and oxygen atoms in total. The van der Waals surface area contributed by atoms with Crippen LogP contribution in [-0.2, 0) is 6.42 Å². The van der Waals surface area contributed by atoms with Crippen LogP contribution < -0.4 is 11.3 Å². The Balaban J connectivity index is 2.23. The minimum atomic E-state index is 0.112. The third-order valence-electron chi connectivity index (χ3n) is 4.98. The molecule has 0 aromatic carbocycles. The molecule has 1 aromatic heterocycles. The largest absolute Gasteiger partial charge is 0.302 e. The van der Waals surface area contributed by atoms with Gasteiger partial charge in [0.2, 0.25) is 0 Å². The number of aromatic nitrogens is 3. The van der Waals surface area contributed by atoms with Gasteiger partial charge in [0.25, 0.3) is 0 Å². The third-order valence-corrected chi connectivity index (χ3v) is 4.98. The van der Waals surface area contributed by atoms with E-state index < -0.39 is 0 Å². The highest BCUT2D eigenvalue weighted by Gasteiger charge is 2.41. The molecule has 0 bridgehead atoms. The lowest BCUT2D eigenvalue weighted by Gasteiger charge is -2.48. The molecule has 0 amide bonds. The van der Waals surface area contributed by atoms with Crippen molar-refractivity contribution in [3.63, 3.8) is 0 Å². The summed E-state index contributed by atoms with van der Waals surface area (Å²) in [5.41, 5.74) is 3.19. The van der Waals surface area contributed by atoms with Gasteiger partial charge >= 0.3 is 0 Å². The molecule has 1 atom stereocenters. The summed E-state index contributed by atoms with van der Waals surface area (Å²) < 4.78 is 2.00. The molecule has 1 heterocycles. The van der Waals surface area contributed by atoms with Crippen LogP contribution in [0.2, 0.25) is 0 Å². The number of likely N-dealkylation sites (N-methyl/N-ethyl adjacent to an activating group) is 1. The predicted molar refractivity (Wildman–Crippen MR) is 84.7 cm³/mol. The smallest absolute Gasteiger partial charge is 0.138 e. The summed E-state index contributed by atoms with van der Waals surface area (Å²) in [4.78, 5) is 6.80. The zero-order valence-corrected chi connectivity index (χ0v) is 13.8. The van der Waals surface area contributed by atoms with Crippen molar-refractivity contribution in [3.05, 3.63) is 12.2 Å². The van der Waals surface area contributed by atoms with Crippen LogP contribution in [0.1, 0.15) is 57.8 Å². The van der Waals surface area contributed by atoms with Gasteiger partial charge < -0.3 is 4.90 Å². The average molecular weight is 294 g/mol. The zero-order chi connectivity index (χ0) is 15.5. The van der Waals surface area contributed by atoms with Crippen LogP contribution in [0, 0.1) is 0 Å². The maximum absolute atomic E-state index is 5.94. The predicted octanol–water partition coefficient (Wildman–Crippen LogP) is 1.50. The van der Waals surface area contributed by atoms with Gasteiger partial charge in [-0.25, -0.2) is 9.67 Å². The molecule has 0 saturated heterocycles. The van der Waals surface area contributed by atoms with E-state index >= 15 is 0 Å². The molecular formula is C15H30N6. The van der Waals surface area contributed by atoms with Gasteiger partial charge in [0.1, 0.15) is 12.2 Å². The van der Waals surface area contributed by atoms with Crippen molar-refractivity contribution in [1.29, 1.82) is 0 Å². The van der Waals surface area contributed by atoms with E-state index in [0.717, 1.165) is 12.2 Å². The van der Waals surface area contributed by atoms with Crippen LogP contribution in [0.15, 0.2) is 6.33 Å². The molecular weight excluding hydrogens is 264 g/mol. The van der Waals surface area contributed by atoms with Gasteiger partial charge in [-0.3, -0.25) is 11.3 Å². The molecule has 120 valence electrons. The van der Waals surface area contributed by atoms with Gasteiger partial charge in [-0.05, 0) is 40.8 Å². The molecule has 6 heteroatoms. The normalized spacial score (nSPS) is 20.1. The summed E-state index contributed by atoms with van der Waals surface area (Å²) in [7, 11) is 4.34. The Morgan fingerprint density at radius 2 is 2.00 bits per heavy atom. The molecule has 1 aliphatic rings. The van der Waals surface area contributed by atoms with E-state index in [1.807, 2.05) is 4.68 Å². The van der Waals surface area contributed by atoms with Crippen molar-refractivity contribution in [1.82, 2.24) is 25.1 Å². The molecule has 21 heavy (non-hydrogen) atoms. The second-order valence-electron chi connectivity index (χ2n) is 6.70. The van der Waals surface area contributed by atoms with Crippen LogP contribution in [0.3, 0.4) is 0 Å². The Bertz CT molecular complexity index is 433. The molecule has 1 fully saturated rings. The number of nitrogens with two attached hydrogens (primary N) is 1. The third kappa shape index (κ3) is 3.27. The molecule has 0 aliphatic heterocycles. The van der Waals surface area contributed by atoms with Crippen molar-refractivity contribution >= 4 is 0 Å². The highest BCUT2D eigenvalue weighted by Crippen LogP contribution is 2.36. The summed E-state index contributed by atoms with van der Waals surface area (Å²) in [6, 6.07) is 0.511. The first-order chi connectivity index (χ1) is 10.0. The van der Waals surface area contributed by atoms with Crippen LogP contribution in [-0.4, -0.2) is 45.3 Å². The van der Waals surface area contributed by atoms with E-state index in [1.165, 1.54) is 32.1 Å². The van der Waals surface area contributed by atoms with E-state index in [4.69, 9.17) is 5.84 Å². The Morgan fingerprint density at radius 3 is 2.52 bits per heavy atom. The summed E-state index contributed by atoms with van der Waals surface area (Å²) in [5.74, 6) is 6.95. The number of hydrogen-bond donors (Lipinski definition) is 2. The second kappa shape index (κ2) is 6.85. The first kappa shape index (κ1) is 16.4. The lowest BCUT2D eigenvalue weighted by atomic mass is 9.74. The fraction of sp³-hybridized carbons (Fsp3) is 0.867. The number of rotatable bonds is 6. The minimum absolute atomic E-state index is 0.112. The molecule has 3 N–H and O–H groups in total. The zero-order valence-electron chi connectivity index (χ0n) is 13.8. The first-order valence-corrected chi connectivity index (χ1v) is 8.03. The number of nitrogens with zero attached hydrogens (tertiary/aromatic N) is 4. The van der Waals surface area contributed by atoms with E-state index in [2.05, 4.69) is 48.4 Å². The van der Waals surface area contributed by atoms with Crippen molar-refractivity contribution in [2.75, 3.05) is 14.1 Å². The monoisotopic (exact) mass is 294 g/mol. The lowest BCUT2D eigenvalue weighted by molar-refractivity contribution is 0.0556. The van der Waals surface area contributed by atoms with Crippen molar-refractivity contribution in [2.45, 2.75) is 70.0 Å². The Hall–Kier alpha value is -0.980. The average Bonchev–Trinajstić information content (AvgIpc) is 2.93. The van der Waals surface area contributed by atoms with E-state index in [0.29, 0.717) is 6.04 Å². The maximum Gasteiger partial charge on any atom is 0.138 e. The molecule has 1 aromatic rings. The highest BCUT2D eigenvalue weighted by atomic mass is 15.4. The van der Waals surface area contributed by atoms with Gasteiger partial charge in [-0.1, -0.05) is 19.3 Å². The molecule has 1 unspecified atom stereocenters. The maximum atomic E-state index is 5.94. The standard InChI is InChI=1S/C15H30N6/c1-12(2)21-14(17-11-18-21)10-13(19-16)15(20(3)4)8-6-5-7-9-15/h11-13,19H,5-10,16H2,1-4H3. The summed E-state index contributed by atoms with van der Waals surface area (Å²) >= 11 is 0. The Kier molecular flexibility index (Phi) is 5.35. The number of nitrogens with one attached hydrogen (secondary N) is 1. The fourth-order valence-electron chi connectivity index (χ4n) is 3.71. The SMILES string of the molecule is CC(C)n1ncnc1CC(NN)C1(N(C)C)CCCCC1. The first-order valence-electron chi connectivity index (χ1n) is 8.03. The molecule has 2 rings (SSSR count). The van der Waals surface area contributed by atoms with Crippen LogP contribution >= 0.6 is 0 Å². The Morgan fingerprint density at radius 1 is 1.33 bits per heavy atom. The van der Waals surface area contributed by atoms with Gasteiger partial charge in [0.15, 0.2) is 0 Å². The van der Waals surface area contributed by atoms with E-state index in [1.54, 1.807) is 6.33 Å². The van der Waals surface area contributed by atoms with Gasteiger partial charge in [-0.2, -0.15) is 5.10 Å². The van der Waals surface area contributed by atoms with Crippen molar-refractivity contribution in [3.8, 4) is 0 Å². The van der Waals surface area contributed by atoms with Crippen molar-refractivity contribution < 1.29 is 0 Å². The molecule has 1 aliphatic carbocycles. The van der Waals surface area contributed by atoms with E-state index in [-0.39, 0.29) is 11.6 Å². The quantitative estimate of drug-likeness (QED) is 0.614. The summed E-state index contributed by atoms with van der Waals surface area (Å²) in [5, 5.41) is 4.34. The molecule has 0 radical (unpaired) electrons. The fourth-order valence-corrected chi connectivity index (χ4v) is 3.71. The summed E-state index contributed by atoms with van der Waals surface area (Å²) in [6.07, 6.45) is 8.70. The van der Waals surface area contributed by atoms with Gasteiger partial charge in [0, 0.05) is 24.0 Å². The van der Waals surface area contributed by atoms with Crippen LogP contribution in [0.5, 0.6) is 0 Å². The molecule has 1 saturated carbocycles.